The van der Waals surface area contributed by atoms with Crippen molar-refractivity contribution in [3.63, 3.8) is 0 Å². The lowest BCUT2D eigenvalue weighted by Gasteiger charge is -2.24. The Hall–Kier alpha value is -2.90. The maximum Gasteiger partial charge on any atom is 0.318 e. The molecule has 0 aromatic carbocycles. The van der Waals surface area contributed by atoms with E-state index in [0.29, 0.717) is 25.6 Å². The molecule has 0 spiro atoms. The van der Waals surface area contributed by atoms with Crippen LogP contribution in [0.5, 0.6) is 0 Å². The zero-order valence-electron chi connectivity index (χ0n) is 14.8. The van der Waals surface area contributed by atoms with Crippen molar-refractivity contribution in [2.75, 3.05) is 6.54 Å². The summed E-state index contributed by atoms with van der Waals surface area (Å²) in [6.45, 7) is 5.82. The second kappa shape index (κ2) is 7.33. The van der Waals surface area contributed by atoms with E-state index in [9.17, 15) is 4.79 Å². The maximum atomic E-state index is 12.7. The summed E-state index contributed by atoms with van der Waals surface area (Å²) in [4.78, 5) is 22.8. The first kappa shape index (κ1) is 16.9. The van der Waals surface area contributed by atoms with Crippen LogP contribution < -0.4 is 5.32 Å². The van der Waals surface area contributed by atoms with E-state index in [1.807, 2.05) is 28.7 Å². The molecule has 0 aliphatic carbocycles. The van der Waals surface area contributed by atoms with E-state index in [1.165, 1.54) is 0 Å². The van der Waals surface area contributed by atoms with Gasteiger partial charge in [-0.1, -0.05) is 13.8 Å². The summed E-state index contributed by atoms with van der Waals surface area (Å²) in [5.74, 6) is 0.379. The van der Waals surface area contributed by atoms with Crippen LogP contribution in [0.2, 0.25) is 0 Å². The zero-order chi connectivity index (χ0) is 17.8. The van der Waals surface area contributed by atoms with Gasteiger partial charge in [0.1, 0.15) is 0 Å². The minimum atomic E-state index is -0.0958. The first-order valence-electron chi connectivity index (χ1n) is 8.29. The molecule has 0 aliphatic rings. The van der Waals surface area contributed by atoms with Crippen molar-refractivity contribution < 1.29 is 4.79 Å². The van der Waals surface area contributed by atoms with E-state index in [1.54, 1.807) is 29.5 Å². The number of aryl methyl sites for hydroxylation is 1. The van der Waals surface area contributed by atoms with E-state index in [2.05, 4.69) is 34.2 Å². The Labute approximate surface area is 146 Å². The molecule has 3 heterocycles. The van der Waals surface area contributed by atoms with Crippen molar-refractivity contribution in [1.82, 2.24) is 34.4 Å². The van der Waals surface area contributed by atoms with Crippen molar-refractivity contribution in [2.45, 2.75) is 26.9 Å². The van der Waals surface area contributed by atoms with Gasteiger partial charge in [0.15, 0.2) is 5.65 Å². The van der Waals surface area contributed by atoms with Crippen molar-refractivity contribution in [1.29, 1.82) is 0 Å². The highest BCUT2D eigenvalue weighted by molar-refractivity contribution is 5.74. The Morgan fingerprint density at radius 1 is 1.32 bits per heavy atom. The van der Waals surface area contributed by atoms with E-state index in [-0.39, 0.29) is 6.03 Å². The van der Waals surface area contributed by atoms with Crippen LogP contribution in [0.1, 0.15) is 25.1 Å². The van der Waals surface area contributed by atoms with Gasteiger partial charge in [-0.25, -0.2) is 9.78 Å². The van der Waals surface area contributed by atoms with Crippen LogP contribution >= 0.6 is 0 Å². The minimum absolute atomic E-state index is 0.0958. The number of nitrogens with zero attached hydrogens (tertiary/aromatic N) is 6. The fourth-order valence-corrected chi connectivity index (χ4v) is 2.74. The molecule has 8 heteroatoms. The second-order valence-electron chi connectivity index (χ2n) is 6.51. The van der Waals surface area contributed by atoms with Gasteiger partial charge in [-0.2, -0.15) is 5.10 Å². The largest absolute Gasteiger partial charge is 0.332 e. The Morgan fingerprint density at radius 3 is 2.88 bits per heavy atom. The molecule has 3 aromatic rings. The number of fused-ring (bicyclic) bond motifs is 1. The molecule has 0 saturated carbocycles. The summed E-state index contributed by atoms with van der Waals surface area (Å²) < 4.78 is 3.66. The van der Waals surface area contributed by atoms with Crippen LogP contribution in [0.3, 0.4) is 0 Å². The highest BCUT2D eigenvalue weighted by atomic mass is 16.2. The molecule has 0 radical (unpaired) electrons. The predicted molar refractivity (Wildman–Crippen MR) is 93.7 cm³/mol. The number of urea groups is 1. The topological polar surface area (TPSA) is 80.3 Å². The third-order valence-electron chi connectivity index (χ3n) is 3.82. The number of aromatic nitrogens is 5. The Bertz CT molecular complexity index is 851. The van der Waals surface area contributed by atoms with Crippen molar-refractivity contribution in [3.05, 3.63) is 48.4 Å². The molecule has 0 atom stereocenters. The normalized spacial score (nSPS) is 11.2. The van der Waals surface area contributed by atoms with Gasteiger partial charge in [0.05, 0.1) is 37.4 Å². The van der Waals surface area contributed by atoms with E-state index < -0.39 is 0 Å². The number of rotatable bonds is 6. The standard InChI is InChI=1S/C17H23N7O/c1-13(2)10-23(12-14-6-21-22(3)11-14)17(25)20-8-15-7-19-16-9-18-4-5-24(15)16/h4-7,9,11,13H,8,10,12H2,1-3H3,(H,20,25). The lowest BCUT2D eigenvalue weighted by atomic mass is 10.2. The molecule has 1 N–H and O–H groups in total. The molecule has 0 saturated heterocycles. The van der Waals surface area contributed by atoms with Gasteiger partial charge in [0.2, 0.25) is 0 Å². The van der Waals surface area contributed by atoms with Gasteiger partial charge in [0.25, 0.3) is 0 Å². The van der Waals surface area contributed by atoms with Crippen LogP contribution in [0.4, 0.5) is 4.79 Å². The number of hydrogen-bond donors (Lipinski definition) is 1. The average molecular weight is 341 g/mol. The van der Waals surface area contributed by atoms with Crippen LogP contribution in [-0.2, 0) is 20.1 Å². The molecule has 2 amide bonds. The first-order chi connectivity index (χ1) is 12.0. The van der Waals surface area contributed by atoms with Gasteiger partial charge >= 0.3 is 6.03 Å². The molecular weight excluding hydrogens is 318 g/mol. The number of carbonyl (C=O) groups is 1. The predicted octanol–water partition coefficient (Wildman–Crippen LogP) is 1.83. The molecular formula is C17H23N7O. The molecule has 0 unspecified atom stereocenters. The molecule has 25 heavy (non-hydrogen) atoms. The Balaban J connectivity index is 1.67. The fraction of sp³-hybridized carbons (Fsp3) is 0.412. The number of hydrogen-bond acceptors (Lipinski definition) is 4. The van der Waals surface area contributed by atoms with Gasteiger partial charge in [-0.05, 0) is 5.92 Å². The van der Waals surface area contributed by atoms with E-state index >= 15 is 0 Å². The molecule has 3 rings (SSSR count). The van der Waals surface area contributed by atoms with Crippen molar-refractivity contribution >= 4 is 11.7 Å². The average Bonchev–Trinajstić information content (AvgIpc) is 3.18. The van der Waals surface area contributed by atoms with Gasteiger partial charge in [-0.15, -0.1) is 0 Å². The van der Waals surface area contributed by atoms with Crippen LogP contribution in [-0.4, -0.2) is 41.6 Å². The van der Waals surface area contributed by atoms with E-state index in [0.717, 1.165) is 16.9 Å². The highest BCUT2D eigenvalue weighted by Crippen LogP contribution is 2.08. The minimum Gasteiger partial charge on any atom is -0.332 e. The van der Waals surface area contributed by atoms with Crippen molar-refractivity contribution in [3.8, 4) is 0 Å². The summed E-state index contributed by atoms with van der Waals surface area (Å²) in [5.41, 5.74) is 2.69. The number of carbonyl (C=O) groups excluding carboxylic acids is 1. The van der Waals surface area contributed by atoms with E-state index in [4.69, 9.17) is 0 Å². The van der Waals surface area contributed by atoms with Gasteiger partial charge in [0, 0.05) is 37.7 Å². The third kappa shape index (κ3) is 4.14. The van der Waals surface area contributed by atoms with Crippen LogP contribution in [0.15, 0.2) is 37.2 Å². The smallest absolute Gasteiger partial charge is 0.318 e. The fourth-order valence-electron chi connectivity index (χ4n) is 2.74. The Morgan fingerprint density at radius 2 is 2.16 bits per heavy atom. The molecule has 132 valence electrons. The van der Waals surface area contributed by atoms with Gasteiger partial charge in [-0.3, -0.25) is 14.1 Å². The monoisotopic (exact) mass is 341 g/mol. The SMILES string of the molecule is CC(C)CN(Cc1cnn(C)c1)C(=O)NCc1cnc2cnccn12. The number of nitrogens with one attached hydrogen (secondary N) is 1. The summed E-state index contributed by atoms with van der Waals surface area (Å²) >= 11 is 0. The summed E-state index contributed by atoms with van der Waals surface area (Å²) in [6.07, 6.45) is 10.7. The quantitative estimate of drug-likeness (QED) is 0.742. The lowest BCUT2D eigenvalue weighted by molar-refractivity contribution is 0.187. The summed E-state index contributed by atoms with van der Waals surface area (Å²) in [7, 11) is 1.87. The third-order valence-corrected chi connectivity index (χ3v) is 3.82. The molecule has 0 bridgehead atoms. The molecule has 8 nitrogen and oxygen atoms in total. The molecule has 0 fully saturated rings. The second-order valence-corrected chi connectivity index (χ2v) is 6.51. The molecule has 3 aromatic heterocycles. The van der Waals surface area contributed by atoms with Crippen LogP contribution in [0, 0.1) is 5.92 Å². The van der Waals surface area contributed by atoms with Crippen LogP contribution in [0.25, 0.3) is 5.65 Å². The van der Waals surface area contributed by atoms with Crippen molar-refractivity contribution in [2.24, 2.45) is 13.0 Å². The zero-order valence-corrected chi connectivity index (χ0v) is 14.8. The summed E-state index contributed by atoms with van der Waals surface area (Å²) in [5, 5.41) is 7.16. The lowest BCUT2D eigenvalue weighted by Crippen LogP contribution is -2.41. The number of imidazole rings is 1. The Kier molecular flexibility index (Phi) is 4.97. The summed E-state index contributed by atoms with van der Waals surface area (Å²) in [6, 6.07) is -0.0958. The highest BCUT2D eigenvalue weighted by Gasteiger charge is 2.16. The maximum absolute atomic E-state index is 12.7. The van der Waals surface area contributed by atoms with Gasteiger partial charge < -0.3 is 10.2 Å². The number of amides is 2. The molecule has 0 aliphatic heterocycles. The first-order valence-corrected chi connectivity index (χ1v) is 8.29.